The molecule has 0 aliphatic carbocycles. The molecule has 1 saturated heterocycles. The minimum absolute atomic E-state index is 0.0475. The van der Waals surface area contributed by atoms with Crippen molar-refractivity contribution in [2.45, 2.75) is 69.9 Å². The SMILES string of the molecule is CCCCCC(=O)[C@]1(C(=O)ON)NCCC1OP(=O)(O)CCCCc1ccccc1. The van der Waals surface area contributed by atoms with E-state index in [4.69, 9.17) is 10.4 Å². The van der Waals surface area contributed by atoms with Crippen LogP contribution in [0.4, 0.5) is 0 Å². The van der Waals surface area contributed by atoms with Crippen molar-refractivity contribution < 1.29 is 28.4 Å². The lowest BCUT2D eigenvalue weighted by Crippen LogP contribution is -2.62. The number of hydrogen-bond donors (Lipinski definition) is 3. The number of nitrogens with two attached hydrogens (primary N) is 1. The Morgan fingerprint density at radius 2 is 1.97 bits per heavy atom. The Bertz CT molecular complexity index is 744. The van der Waals surface area contributed by atoms with Gasteiger partial charge in [0.05, 0.1) is 6.16 Å². The van der Waals surface area contributed by atoms with Crippen molar-refractivity contribution >= 4 is 19.3 Å². The number of rotatable bonds is 13. The van der Waals surface area contributed by atoms with Gasteiger partial charge < -0.3 is 14.3 Å². The van der Waals surface area contributed by atoms with Crippen molar-refractivity contribution in [3.8, 4) is 0 Å². The van der Waals surface area contributed by atoms with Gasteiger partial charge in [-0.25, -0.2) is 4.79 Å². The number of nitrogens with one attached hydrogen (secondary N) is 1. The minimum Gasteiger partial charge on any atom is -0.371 e. The first kappa shape index (κ1) is 24.7. The molecule has 3 atom stereocenters. The molecule has 0 saturated carbocycles. The number of benzene rings is 1. The quantitative estimate of drug-likeness (QED) is 0.185. The Labute approximate surface area is 178 Å². The van der Waals surface area contributed by atoms with Gasteiger partial charge in [-0.2, -0.15) is 5.90 Å². The van der Waals surface area contributed by atoms with E-state index in [1.807, 2.05) is 37.3 Å². The fourth-order valence-corrected chi connectivity index (χ4v) is 5.21. The maximum Gasteiger partial charge on any atom is 0.355 e. The van der Waals surface area contributed by atoms with E-state index in [0.717, 1.165) is 31.2 Å². The molecule has 30 heavy (non-hydrogen) atoms. The smallest absolute Gasteiger partial charge is 0.355 e. The molecule has 0 aromatic heterocycles. The molecule has 0 radical (unpaired) electrons. The fraction of sp³-hybridized carbons (Fsp3) is 0.619. The summed E-state index contributed by atoms with van der Waals surface area (Å²) in [6.45, 7) is 2.29. The van der Waals surface area contributed by atoms with E-state index in [9.17, 15) is 19.0 Å². The molecule has 1 aromatic carbocycles. The molecule has 1 heterocycles. The van der Waals surface area contributed by atoms with Gasteiger partial charge in [-0.15, -0.1) is 0 Å². The summed E-state index contributed by atoms with van der Waals surface area (Å²) in [6, 6.07) is 9.87. The third-order valence-electron chi connectivity index (χ3n) is 5.46. The summed E-state index contributed by atoms with van der Waals surface area (Å²) in [5.41, 5.74) is -0.668. The van der Waals surface area contributed by atoms with Crippen LogP contribution in [0.2, 0.25) is 0 Å². The Morgan fingerprint density at radius 3 is 2.63 bits per heavy atom. The summed E-state index contributed by atoms with van der Waals surface area (Å²) in [6.07, 6.45) is 3.63. The van der Waals surface area contributed by atoms with Crippen molar-refractivity contribution in [3.05, 3.63) is 35.9 Å². The molecular formula is C21H33N2O6P. The predicted molar refractivity (Wildman–Crippen MR) is 114 cm³/mol. The highest BCUT2D eigenvalue weighted by atomic mass is 31.2. The van der Waals surface area contributed by atoms with E-state index in [-0.39, 0.29) is 25.5 Å². The monoisotopic (exact) mass is 440 g/mol. The van der Waals surface area contributed by atoms with Gasteiger partial charge in [0.15, 0.2) is 5.78 Å². The summed E-state index contributed by atoms with van der Waals surface area (Å²) in [5, 5.41) is 2.85. The van der Waals surface area contributed by atoms with Crippen LogP contribution < -0.4 is 11.2 Å². The first-order valence-electron chi connectivity index (χ1n) is 10.6. The van der Waals surface area contributed by atoms with Crippen LogP contribution in [0.15, 0.2) is 30.3 Å². The summed E-state index contributed by atoms with van der Waals surface area (Å²) in [7, 11) is -4.01. The van der Waals surface area contributed by atoms with Gasteiger partial charge in [-0.3, -0.25) is 14.7 Å². The van der Waals surface area contributed by atoms with Gasteiger partial charge in [0.2, 0.25) is 5.54 Å². The predicted octanol–water partition coefficient (Wildman–Crippen LogP) is 2.88. The molecule has 168 valence electrons. The fourth-order valence-electron chi connectivity index (χ4n) is 3.82. The summed E-state index contributed by atoms with van der Waals surface area (Å²) in [4.78, 5) is 40.1. The lowest BCUT2D eigenvalue weighted by Gasteiger charge is -2.31. The Morgan fingerprint density at radius 1 is 1.23 bits per heavy atom. The highest BCUT2D eigenvalue weighted by Crippen LogP contribution is 2.47. The number of ketones is 1. The van der Waals surface area contributed by atoms with E-state index in [1.165, 1.54) is 0 Å². The van der Waals surface area contributed by atoms with Crippen LogP contribution in [0.5, 0.6) is 0 Å². The van der Waals surface area contributed by atoms with Crippen LogP contribution in [-0.4, -0.2) is 41.0 Å². The van der Waals surface area contributed by atoms with Crippen molar-refractivity contribution in [1.82, 2.24) is 5.32 Å². The Balaban J connectivity index is 1.99. The average Bonchev–Trinajstić information content (AvgIpc) is 3.15. The third kappa shape index (κ3) is 6.46. The number of carbonyl (C=O) groups is 2. The van der Waals surface area contributed by atoms with Crippen LogP contribution in [0.25, 0.3) is 0 Å². The number of Topliss-reactive ketones (excluding diaryl/α,β-unsaturated/α-hetero) is 1. The summed E-state index contributed by atoms with van der Waals surface area (Å²) >= 11 is 0. The van der Waals surface area contributed by atoms with Gasteiger partial charge in [0.1, 0.15) is 6.10 Å². The van der Waals surface area contributed by atoms with Crippen LogP contribution in [0, 0.1) is 0 Å². The second kappa shape index (κ2) is 11.7. The van der Waals surface area contributed by atoms with E-state index >= 15 is 0 Å². The standard InChI is InChI=1S/C21H33N2O6P/c1-2-3-5-13-18(24)21(20(25)28-22)19(14-15-23-21)29-30(26,27)16-9-8-12-17-10-6-4-7-11-17/h4,6-7,10-11,19,23H,2-3,5,8-9,12-16,22H2,1H3,(H,26,27)/t19?,21-/m0/s1. The van der Waals surface area contributed by atoms with Crippen molar-refractivity contribution in [3.63, 3.8) is 0 Å². The van der Waals surface area contributed by atoms with Gasteiger partial charge >= 0.3 is 13.6 Å². The maximum absolute atomic E-state index is 12.9. The van der Waals surface area contributed by atoms with Crippen molar-refractivity contribution in [1.29, 1.82) is 0 Å². The number of aryl methyl sites for hydroxylation is 1. The summed E-state index contributed by atoms with van der Waals surface area (Å²) in [5.74, 6) is 3.69. The van der Waals surface area contributed by atoms with Crippen LogP contribution >= 0.6 is 7.60 Å². The Kier molecular flexibility index (Phi) is 9.65. The van der Waals surface area contributed by atoms with Crippen molar-refractivity contribution in [2.75, 3.05) is 12.7 Å². The first-order valence-corrected chi connectivity index (χ1v) is 12.4. The molecule has 1 aliphatic rings. The van der Waals surface area contributed by atoms with E-state index in [0.29, 0.717) is 12.8 Å². The van der Waals surface area contributed by atoms with Gasteiger partial charge in [-0.05, 0) is 44.2 Å². The topological polar surface area (TPSA) is 128 Å². The zero-order chi connectivity index (χ0) is 22.0. The molecular weight excluding hydrogens is 407 g/mol. The normalized spacial score (nSPS) is 23.1. The van der Waals surface area contributed by atoms with E-state index < -0.39 is 31.0 Å². The Hall–Kier alpha value is -1.57. The molecule has 0 spiro atoms. The average molecular weight is 440 g/mol. The lowest BCUT2D eigenvalue weighted by atomic mass is 9.86. The molecule has 4 N–H and O–H groups in total. The van der Waals surface area contributed by atoms with E-state index in [2.05, 4.69) is 10.2 Å². The molecule has 2 rings (SSSR count). The van der Waals surface area contributed by atoms with Gasteiger partial charge in [-0.1, -0.05) is 50.1 Å². The highest BCUT2D eigenvalue weighted by Gasteiger charge is 2.58. The molecule has 1 fully saturated rings. The number of unbranched alkanes of at least 4 members (excludes halogenated alkanes) is 3. The molecule has 1 aliphatic heterocycles. The zero-order valence-corrected chi connectivity index (χ0v) is 18.4. The summed E-state index contributed by atoms with van der Waals surface area (Å²) < 4.78 is 18.2. The van der Waals surface area contributed by atoms with Crippen LogP contribution in [-0.2, 0) is 29.9 Å². The zero-order valence-electron chi connectivity index (χ0n) is 17.5. The van der Waals surface area contributed by atoms with Gasteiger partial charge in [0.25, 0.3) is 0 Å². The van der Waals surface area contributed by atoms with Crippen LogP contribution in [0.3, 0.4) is 0 Å². The van der Waals surface area contributed by atoms with Crippen molar-refractivity contribution in [2.24, 2.45) is 5.90 Å². The molecule has 0 amide bonds. The first-order chi connectivity index (χ1) is 14.4. The molecule has 1 aromatic rings. The maximum atomic E-state index is 12.9. The lowest BCUT2D eigenvalue weighted by molar-refractivity contribution is -0.159. The second-order valence-corrected chi connectivity index (χ2v) is 9.64. The second-order valence-electron chi connectivity index (χ2n) is 7.71. The number of hydrogen-bond acceptors (Lipinski definition) is 7. The largest absolute Gasteiger partial charge is 0.371 e. The highest BCUT2D eigenvalue weighted by molar-refractivity contribution is 7.52. The molecule has 2 unspecified atom stereocenters. The molecule has 0 bridgehead atoms. The third-order valence-corrected chi connectivity index (χ3v) is 6.93. The van der Waals surface area contributed by atoms with Crippen LogP contribution in [0.1, 0.15) is 57.4 Å². The molecule has 8 nitrogen and oxygen atoms in total. The van der Waals surface area contributed by atoms with Gasteiger partial charge in [0, 0.05) is 6.42 Å². The number of carbonyl (C=O) groups excluding carboxylic acids is 2. The minimum atomic E-state index is -4.01. The van der Waals surface area contributed by atoms with E-state index in [1.54, 1.807) is 0 Å². The molecule has 9 heteroatoms.